The van der Waals surface area contributed by atoms with Crippen molar-refractivity contribution < 1.29 is 13.2 Å². The third-order valence-corrected chi connectivity index (χ3v) is 5.09. The molecule has 2 rings (SSSR count). The van der Waals surface area contributed by atoms with Crippen LogP contribution in [0, 0.1) is 12.3 Å². The summed E-state index contributed by atoms with van der Waals surface area (Å²) in [6, 6.07) is 10.2. The minimum atomic E-state index is -3.77. The van der Waals surface area contributed by atoms with Crippen LogP contribution < -0.4 is 10.0 Å². The quantitative estimate of drug-likeness (QED) is 0.779. The van der Waals surface area contributed by atoms with Gasteiger partial charge in [0, 0.05) is 11.3 Å². The molecule has 2 aromatic rings. The molecule has 0 aromatic heterocycles. The van der Waals surface area contributed by atoms with Crippen molar-refractivity contribution in [3.63, 3.8) is 0 Å². The van der Waals surface area contributed by atoms with Crippen LogP contribution in [-0.2, 0) is 10.0 Å². The maximum absolute atomic E-state index is 12.3. The molecule has 24 heavy (non-hydrogen) atoms. The molecule has 2 N–H and O–H groups in total. The van der Waals surface area contributed by atoms with Gasteiger partial charge in [0.2, 0.25) is 10.0 Å². The number of carbonyl (C=O) groups excluding carboxylic acids is 1. The lowest BCUT2D eigenvalue weighted by Gasteiger charge is -2.08. The van der Waals surface area contributed by atoms with E-state index in [1.807, 2.05) is 0 Å². The van der Waals surface area contributed by atoms with E-state index >= 15 is 0 Å². The highest BCUT2D eigenvalue weighted by Crippen LogP contribution is 2.25. The Kier molecular flexibility index (Phi) is 5.86. The van der Waals surface area contributed by atoms with Crippen LogP contribution in [0.15, 0.2) is 47.4 Å². The Balaban J connectivity index is 2.23. The summed E-state index contributed by atoms with van der Waals surface area (Å²) in [6.45, 7) is -0.137. The van der Waals surface area contributed by atoms with Crippen molar-refractivity contribution in [3.8, 4) is 12.3 Å². The number of halogens is 2. The largest absolute Gasteiger partial charge is 0.322 e. The number of sulfonamides is 1. The fourth-order valence-electron chi connectivity index (χ4n) is 1.80. The lowest BCUT2D eigenvalue weighted by Crippen LogP contribution is -2.24. The van der Waals surface area contributed by atoms with Crippen molar-refractivity contribution in [2.24, 2.45) is 0 Å². The molecular weight excluding hydrogens is 371 g/mol. The van der Waals surface area contributed by atoms with Gasteiger partial charge in [-0.1, -0.05) is 35.2 Å². The number of hydrogen-bond donors (Lipinski definition) is 2. The molecule has 0 heterocycles. The topological polar surface area (TPSA) is 75.3 Å². The molecule has 0 saturated carbocycles. The van der Waals surface area contributed by atoms with Crippen LogP contribution in [0.5, 0.6) is 0 Å². The first-order chi connectivity index (χ1) is 11.3. The molecule has 0 bridgehead atoms. The molecule has 2 aromatic carbocycles. The molecule has 0 radical (unpaired) electrons. The monoisotopic (exact) mass is 382 g/mol. The number of carbonyl (C=O) groups is 1. The third-order valence-electron chi connectivity index (χ3n) is 2.95. The average Bonchev–Trinajstić information content (AvgIpc) is 2.56. The average molecular weight is 383 g/mol. The lowest BCUT2D eigenvalue weighted by molar-refractivity contribution is 0.102. The van der Waals surface area contributed by atoms with Gasteiger partial charge in [0.1, 0.15) is 0 Å². The summed E-state index contributed by atoms with van der Waals surface area (Å²) >= 11 is 11.7. The number of nitrogens with one attached hydrogen (secondary N) is 2. The fraction of sp³-hybridized carbons (Fsp3) is 0.0625. The molecule has 0 spiro atoms. The summed E-state index contributed by atoms with van der Waals surface area (Å²) in [6.07, 6.45) is 5.04. The molecule has 0 unspecified atom stereocenters. The number of hydrogen-bond acceptors (Lipinski definition) is 3. The van der Waals surface area contributed by atoms with Gasteiger partial charge in [-0.25, -0.2) is 8.42 Å². The van der Waals surface area contributed by atoms with Crippen LogP contribution in [0.1, 0.15) is 10.4 Å². The molecule has 0 fully saturated rings. The highest BCUT2D eigenvalue weighted by molar-refractivity contribution is 7.89. The standard InChI is InChI=1S/C16H12Cl2N2O3S/c1-2-8-19-24(22,23)13-5-3-4-11(9-13)16(21)20-12-6-7-14(17)15(18)10-12/h1,3-7,9-10,19H,8H2,(H,20,21). The van der Waals surface area contributed by atoms with Crippen LogP contribution in [0.2, 0.25) is 10.0 Å². The normalized spacial score (nSPS) is 10.9. The van der Waals surface area contributed by atoms with Gasteiger partial charge in [0.05, 0.1) is 21.5 Å². The Labute approximate surface area is 150 Å². The summed E-state index contributed by atoms with van der Waals surface area (Å²) in [7, 11) is -3.77. The Morgan fingerprint density at radius 1 is 1.12 bits per heavy atom. The second-order valence-corrected chi connectivity index (χ2v) is 7.22. The zero-order chi connectivity index (χ0) is 17.7. The minimum absolute atomic E-state index is 0.0560. The molecule has 8 heteroatoms. The van der Waals surface area contributed by atoms with Crippen molar-refractivity contribution in [1.29, 1.82) is 0 Å². The first kappa shape index (κ1) is 18.3. The molecule has 0 aliphatic carbocycles. The van der Waals surface area contributed by atoms with Gasteiger partial charge in [0.15, 0.2) is 0 Å². The molecule has 0 aliphatic rings. The molecule has 124 valence electrons. The van der Waals surface area contributed by atoms with Crippen LogP contribution in [0.3, 0.4) is 0 Å². The maximum Gasteiger partial charge on any atom is 0.255 e. The zero-order valence-corrected chi connectivity index (χ0v) is 14.5. The molecule has 1 amide bonds. The van der Waals surface area contributed by atoms with E-state index in [2.05, 4.69) is 16.0 Å². The summed E-state index contributed by atoms with van der Waals surface area (Å²) in [5, 5.41) is 3.28. The van der Waals surface area contributed by atoms with Crippen molar-refractivity contribution in [2.75, 3.05) is 11.9 Å². The Hall–Kier alpha value is -2.04. The van der Waals surface area contributed by atoms with Crippen LogP contribution in [-0.4, -0.2) is 20.9 Å². The number of rotatable bonds is 5. The van der Waals surface area contributed by atoms with E-state index in [0.29, 0.717) is 15.7 Å². The summed E-state index contributed by atoms with van der Waals surface area (Å²) in [4.78, 5) is 12.2. The maximum atomic E-state index is 12.3. The van der Waals surface area contributed by atoms with E-state index in [0.717, 1.165) is 0 Å². The van der Waals surface area contributed by atoms with Crippen molar-refractivity contribution >= 4 is 44.8 Å². The van der Waals surface area contributed by atoms with Gasteiger partial charge in [0.25, 0.3) is 5.91 Å². The van der Waals surface area contributed by atoms with Crippen molar-refractivity contribution in [3.05, 3.63) is 58.1 Å². The molecule has 0 aliphatic heterocycles. The highest BCUT2D eigenvalue weighted by atomic mass is 35.5. The lowest BCUT2D eigenvalue weighted by atomic mass is 10.2. The fourth-order valence-corrected chi connectivity index (χ4v) is 3.08. The smallest absolute Gasteiger partial charge is 0.255 e. The molecule has 0 saturated heterocycles. The predicted octanol–water partition coefficient (Wildman–Crippen LogP) is 3.16. The van der Waals surface area contributed by atoms with E-state index in [4.69, 9.17) is 29.6 Å². The van der Waals surface area contributed by atoms with Gasteiger partial charge in [-0.2, -0.15) is 4.72 Å². The molecular formula is C16H12Cl2N2O3S. The van der Waals surface area contributed by atoms with Crippen LogP contribution >= 0.6 is 23.2 Å². The van der Waals surface area contributed by atoms with E-state index in [1.54, 1.807) is 12.1 Å². The van der Waals surface area contributed by atoms with Crippen LogP contribution in [0.25, 0.3) is 0 Å². The Morgan fingerprint density at radius 2 is 1.88 bits per heavy atom. The van der Waals surface area contributed by atoms with Gasteiger partial charge in [-0.05, 0) is 36.4 Å². The first-order valence-corrected chi connectivity index (χ1v) is 8.87. The zero-order valence-electron chi connectivity index (χ0n) is 12.2. The third kappa shape index (κ3) is 4.49. The SMILES string of the molecule is C#CCNS(=O)(=O)c1cccc(C(=O)Nc2ccc(Cl)c(Cl)c2)c1. The van der Waals surface area contributed by atoms with Gasteiger partial charge in [-0.15, -0.1) is 6.42 Å². The van der Waals surface area contributed by atoms with E-state index in [1.165, 1.54) is 30.3 Å². The molecule has 0 atom stereocenters. The second kappa shape index (κ2) is 7.69. The first-order valence-electron chi connectivity index (χ1n) is 6.63. The number of benzene rings is 2. The van der Waals surface area contributed by atoms with E-state index < -0.39 is 15.9 Å². The van der Waals surface area contributed by atoms with Crippen molar-refractivity contribution in [2.45, 2.75) is 4.90 Å². The van der Waals surface area contributed by atoms with Gasteiger partial charge >= 0.3 is 0 Å². The number of anilines is 1. The Morgan fingerprint density at radius 3 is 2.54 bits per heavy atom. The molecule has 5 nitrogen and oxygen atoms in total. The van der Waals surface area contributed by atoms with Crippen LogP contribution in [0.4, 0.5) is 5.69 Å². The predicted molar refractivity (Wildman–Crippen MR) is 94.9 cm³/mol. The highest BCUT2D eigenvalue weighted by Gasteiger charge is 2.15. The second-order valence-electron chi connectivity index (χ2n) is 4.64. The number of amides is 1. The Bertz CT molecular complexity index is 921. The summed E-state index contributed by atoms with van der Waals surface area (Å²) < 4.78 is 26.3. The van der Waals surface area contributed by atoms with Crippen molar-refractivity contribution in [1.82, 2.24) is 4.72 Å². The summed E-state index contributed by atoms with van der Waals surface area (Å²) in [5.41, 5.74) is 0.609. The number of terminal acetylenes is 1. The van der Waals surface area contributed by atoms with Gasteiger partial charge in [-0.3, -0.25) is 4.79 Å². The summed E-state index contributed by atoms with van der Waals surface area (Å²) in [5.74, 6) is 1.70. The van der Waals surface area contributed by atoms with Gasteiger partial charge < -0.3 is 5.32 Å². The van der Waals surface area contributed by atoms with E-state index in [-0.39, 0.29) is 17.0 Å². The minimum Gasteiger partial charge on any atom is -0.322 e. The van der Waals surface area contributed by atoms with E-state index in [9.17, 15) is 13.2 Å².